The van der Waals surface area contributed by atoms with Crippen LogP contribution in [0.4, 0.5) is 0 Å². The number of amides is 1. The molecule has 2 atom stereocenters. The first kappa shape index (κ1) is 21.4. The molecule has 2 heterocycles. The van der Waals surface area contributed by atoms with E-state index in [0.29, 0.717) is 12.5 Å². The Hall–Kier alpha value is -2.28. The number of methoxy groups -OCH3 is 1. The lowest BCUT2D eigenvalue weighted by molar-refractivity contribution is -0.129. The number of nitrogens with one attached hydrogen (secondary N) is 2. The van der Waals surface area contributed by atoms with Crippen molar-refractivity contribution in [3.63, 3.8) is 0 Å². The van der Waals surface area contributed by atoms with Crippen LogP contribution < -0.4 is 15.4 Å². The Labute approximate surface area is 174 Å². The van der Waals surface area contributed by atoms with Crippen molar-refractivity contribution < 1.29 is 9.53 Å². The highest BCUT2D eigenvalue weighted by Gasteiger charge is 2.27. The topological polar surface area (TPSA) is 69.2 Å². The van der Waals surface area contributed by atoms with Gasteiger partial charge in [-0.2, -0.15) is 0 Å². The molecule has 2 saturated heterocycles. The third-order valence-corrected chi connectivity index (χ3v) is 5.95. The molecule has 2 unspecified atom stereocenters. The van der Waals surface area contributed by atoms with Crippen LogP contribution in [0.1, 0.15) is 44.2 Å². The van der Waals surface area contributed by atoms with Gasteiger partial charge >= 0.3 is 0 Å². The number of likely N-dealkylation sites (tertiary alicyclic amines) is 2. The maximum atomic E-state index is 11.9. The van der Waals surface area contributed by atoms with Crippen LogP contribution in [0, 0.1) is 0 Å². The quantitative estimate of drug-likeness (QED) is 0.540. The van der Waals surface area contributed by atoms with Gasteiger partial charge in [0.2, 0.25) is 5.91 Å². The highest BCUT2D eigenvalue weighted by molar-refractivity contribution is 5.80. The van der Waals surface area contributed by atoms with Gasteiger partial charge in [-0.1, -0.05) is 19.1 Å². The molecule has 0 aromatic heterocycles. The Morgan fingerprint density at radius 3 is 2.59 bits per heavy atom. The number of nitrogens with zero attached hydrogens (tertiary/aromatic N) is 3. The molecule has 0 bridgehead atoms. The van der Waals surface area contributed by atoms with Crippen LogP contribution in [0.15, 0.2) is 29.3 Å². The smallest absolute Gasteiger partial charge is 0.222 e. The van der Waals surface area contributed by atoms with Crippen LogP contribution in [0.25, 0.3) is 0 Å². The number of hydrogen-bond acceptors (Lipinski definition) is 4. The van der Waals surface area contributed by atoms with E-state index in [2.05, 4.69) is 32.7 Å². The number of hydrogen-bond donors (Lipinski definition) is 2. The summed E-state index contributed by atoms with van der Waals surface area (Å²) >= 11 is 0. The fourth-order valence-corrected chi connectivity index (χ4v) is 4.25. The molecule has 0 saturated carbocycles. The number of guanidine groups is 1. The zero-order valence-corrected chi connectivity index (χ0v) is 18.0. The zero-order valence-electron chi connectivity index (χ0n) is 18.0. The van der Waals surface area contributed by atoms with Gasteiger partial charge in [-0.3, -0.25) is 14.7 Å². The number of carbonyl (C=O) groups is 1. The average Bonchev–Trinajstić information content (AvgIpc) is 3.45. The van der Waals surface area contributed by atoms with E-state index in [1.54, 1.807) is 14.2 Å². The largest absolute Gasteiger partial charge is 0.497 e. The number of carbonyl (C=O) groups excluding carboxylic acids is 1. The van der Waals surface area contributed by atoms with E-state index in [9.17, 15) is 4.79 Å². The summed E-state index contributed by atoms with van der Waals surface area (Å²) in [4.78, 5) is 20.8. The first-order chi connectivity index (χ1) is 14.1. The van der Waals surface area contributed by atoms with Crippen LogP contribution in [0.3, 0.4) is 0 Å². The SMILES string of the molecule is CCC(=O)N1CCC(NC(=NC)NCC(c2ccc(OC)cc2)N2CCCC2)C1. The minimum absolute atomic E-state index is 0.228. The second kappa shape index (κ2) is 10.5. The lowest BCUT2D eigenvalue weighted by Crippen LogP contribution is -2.47. The summed E-state index contributed by atoms with van der Waals surface area (Å²) in [5.74, 6) is 1.91. The summed E-state index contributed by atoms with van der Waals surface area (Å²) in [7, 11) is 3.50. The summed E-state index contributed by atoms with van der Waals surface area (Å²) in [6.45, 7) is 6.53. The van der Waals surface area contributed by atoms with Crippen molar-refractivity contribution in [1.29, 1.82) is 0 Å². The second-order valence-electron chi connectivity index (χ2n) is 7.81. The standard InChI is InChI=1S/C22H35N5O2/c1-4-21(28)27-14-11-18(16-27)25-22(23-2)24-15-20(26-12-5-6-13-26)17-7-9-19(29-3)10-8-17/h7-10,18,20H,4-6,11-16H2,1-3H3,(H2,23,24,25). The molecule has 1 aromatic rings. The Bertz CT molecular complexity index is 685. The average molecular weight is 402 g/mol. The lowest BCUT2D eigenvalue weighted by atomic mass is 10.1. The highest BCUT2D eigenvalue weighted by Crippen LogP contribution is 2.26. The van der Waals surface area contributed by atoms with Gasteiger partial charge in [-0.25, -0.2) is 0 Å². The van der Waals surface area contributed by atoms with Gasteiger partial charge in [-0.15, -0.1) is 0 Å². The predicted molar refractivity (Wildman–Crippen MR) is 116 cm³/mol. The molecule has 3 rings (SSSR count). The van der Waals surface area contributed by atoms with Gasteiger partial charge in [0.25, 0.3) is 0 Å². The maximum absolute atomic E-state index is 11.9. The van der Waals surface area contributed by atoms with Crippen LogP contribution in [0.2, 0.25) is 0 Å². The van der Waals surface area contributed by atoms with E-state index < -0.39 is 0 Å². The van der Waals surface area contributed by atoms with Gasteiger partial charge in [0, 0.05) is 39.1 Å². The molecule has 0 radical (unpaired) electrons. The Morgan fingerprint density at radius 1 is 1.24 bits per heavy atom. The van der Waals surface area contributed by atoms with Gasteiger partial charge in [-0.05, 0) is 50.0 Å². The monoisotopic (exact) mass is 401 g/mol. The van der Waals surface area contributed by atoms with Crippen molar-refractivity contribution in [2.45, 2.75) is 44.7 Å². The molecule has 2 aliphatic rings. The van der Waals surface area contributed by atoms with E-state index in [-0.39, 0.29) is 11.9 Å². The first-order valence-electron chi connectivity index (χ1n) is 10.8. The molecule has 2 N–H and O–H groups in total. The summed E-state index contributed by atoms with van der Waals surface area (Å²) in [5.41, 5.74) is 1.29. The van der Waals surface area contributed by atoms with Crippen molar-refractivity contribution in [1.82, 2.24) is 20.4 Å². The molecule has 2 fully saturated rings. The van der Waals surface area contributed by atoms with E-state index in [1.807, 2.05) is 24.0 Å². The summed E-state index contributed by atoms with van der Waals surface area (Å²) < 4.78 is 5.31. The maximum Gasteiger partial charge on any atom is 0.222 e. The molecule has 1 aromatic carbocycles. The fourth-order valence-electron chi connectivity index (χ4n) is 4.25. The Balaban J connectivity index is 1.59. The molecule has 160 valence electrons. The Morgan fingerprint density at radius 2 is 1.97 bits per heavy atom. The van der Waals surface area contributed by atoms with Crippen LogP contribution in [-0.4, -0.2) is 74.6 Å². The summed E-state index contributed by atoms with van der Waals surface area (Å²) in [6, 6.07) is 8.93. The minimum atomic E-state index is 0.228. The minimum Gasteiger partial charge on any atom is -0.497 e. The zero-order chi connectivity index (χ0) is 20.6. The molecule has 29 heavy (non-hydrogen) atoms. The number of benzene rings is 1. The van der Waals surface area contributed by atoms with Crippen molar-refractivity contribution in [3.8, 4) is 5.75 Å². The van der Waals surface area contributed by atoms with E-state index in [0.717, 1.165) is 50.9 Å². The van der Waals surface area contributed by atoms with E-state index in [1.165, 1.54) is 18.4 Å². The lowest BCUT2D eigenvalue weighted by Gasteiger charge is -2.29. The second-order valence-corrected chi connectivity index (χ2v) is 7.81. The van der Waals surface area contributed by atoms with Gasteiger partial charge in [0.15, 0.2) is 5.96 Å². The Kier molecular flexibility index (Phi) is 7.75. The molecule has 7 nitrogen and oxygen atoms in total. The number of rotatable bonds is 7. The van der Waals surface area contributed by atoms with E-state index in [4.69, 9.17) is 4.74 Å². The fraction of sp³-hybridized carbons (Fsp3) is 0.636. The molecule has 1 amide bonds. The van der Waals surface area contributed by atoms with Gasteiger partial charge in [0.05, 0.1) is 13.2 Å². The van der Waals surface area contributed by atoms with Crippen molar-refractivity contribution in [2.24, 2.45) is 4.99 Å². The van der Waals surface area contributed by atoms with Gasteiger partial charge in [0.1, 0.15) is 5.75 Å². The summed E-state index contributed by atoms with van der Waals surface area (Å²) in [6.07, 6.45) is 4.03. The molecule has 7 heteroatoms. The molecular weight excluding hydrogens is 366 g/mol. The van der Waals surface area contributed by atoms with Crippen LogP contribution in [0.5, 0.6) is 5.75 Å². The number of ether oxygens (including phenoxy) is 1. The van der Waals surface area contributed by atoms with Crippen molar-refractivity contribution in [3.05, 3.63) is 29.8 Å². The highest BCUT2D eigenvalue weighted by atomic mass is 16.5. The molecule has 0 spiro atoms. The molecule has 0 aliphatic carbocycles. The molecular formula is C22H35N5O2. The number of aliphatic imine (C=N–C) groups is 1. The third kappa shape index (κ3) is 5.63. The third-order valence-electron chi connectivity index (χ3n) is 5.95. The van der Waals surface area contributed by atoms with Crippen molar-refractivity contribution >= 4 is 11.9 Å². The van der Waals surface area contributed by atoms with Gasteiger partial charge < -0.3 is 20.3 Å². The normalized spacial score (nSPS) is 21.3. The summed E-state index contributed by atoms with van der Waals surface area (Å²) in [5, 5.41) is 7.02. The molecule has 2 aliphatic heterocycles. The van der Waals surface area contributed by atoms with Crippen LogP contribution >= 0.6 is 0 Å². The van der Waals surface area contributed by atoms with Crippen LogP contribution in [-0.2, 0) is 4.79 Å². The first-order valence-corrected chi connectivity index (χ1v) is 10.8. The van der Waals surface area contributed by atoms with E-state index >= 15 is 0 Å². The van der Waals surface area contributed by atoms with Crippen molar-refractivity contribution in [2.75, 3.05) is 46.9 Å². The predicted octanol–water partition coefficient (Wildman–Crippen LogP) is 2.01.